The van der Waals surface area contributed by atoms with E-state index in [2.05, 4.69) is 38.0 Å². The van der Waals surface area contributed by atoms with E-state index in [4.69, 9.17) is 15.2 Å². The highest BCUT2D eigenvalue weighted by Gasteiger charge is 2.47. The number of hydrogen-bond donors (Lipinski definition) is 3. The van der Waals surface area contributed by atoms with Crippen molar-refractivity contribution in [3.63, 3.8) is 0 Å². The minimum Gasteiger partial charge on any atom is -0.511 e. The van der Waals surface area contributed by atoms with Crippen LogP contribution < -0.4 is 15.2 Å². The van der Waals surface area contributed by atoms with Crippen molar-refractivity contribution in [1.29, 1.82) is 10.7 Å². The molecular formula is C30H34N8O3S. The summed E-state index contributed by atoms with van der Waals surface area (Å²) in [5.74, 6) is 1.06. The van der Waals surface area contributed by atoms with Gasteiger partial charge in [-0.2, -0.15) is 15.2 Å². The van der Waals surface area contributed by atoms with Crippen molar-refractivity contribution < 1.29 is 14.6 Å². The Balaban J connectivity index is 1.39. The van der Waals surface area contributed by atoms with Crippen molar-refractivity contribution in [3.05, 3.63) is 57.9 Å². The van der Waals surface area contributed by atoms with Crippen LogP contribution in [0.25, 0.3) is 0 Å². The van der Waals surface area contributed by atoms with Gasteiger partial charge in [-0.25, -0.2) is 9.97 Å². The molecule has 1 spiro atoms. The molecule has 11 nitrogen and oxygen atoms in total. The molecule has 4 heterocycles. The zero-order chi connectivity index (χ0) is 29.4. The third-order valence-corrected chi connectivity index (χ3v) is 9.84. The lowest BCUT2D eigenvalue weighted by Gasteiger charge is -2.41. The van der Waals surface area contributed by atoms with Crippen LogP contribution in [0.4, 0.5) is 5.00 Å². The molecule has 0 bridgehead atoms. The maximum Gasteiger partial charge on any atom is 0.226 e. The van der Waals surface area contributed by atoms with Gasteiger partial charge in [-0.3, -0.25) is 10.3 Å². The number of nitrogens with zero attached hydrogens (tertiary/aromatic N) is 6. The van der Waals surface area contributed by atoms with Crippen LogP contribution >= 0.6 is 11.3 Å². The van der Waals surface area contributed by atoms with Crippen LogP contribution in [0, 0.1) is 16.7 Å². The first kappa shape index (κ1) is 28.1. The molecule has 3 aromatic rings. The fourth-order valence-electron chi connectivity index (χ4n) is 6.81. The minimum atomic E-state index is -0.747. The fourth-order valence-corrected chi connectivity index (χ4v) is 7.97. The molecule has 1 fully saturated rings. The number of allylic oxidation sites excluding steroid dienone is 2. The zero-order valence-electron chi connectivity index (χ0n) is 23.8. The van der Waals surface area contributed by atoms with Gasteiger partial charge >= 0.3 is 0 Å². The van der Waals surface area contributed by atoms with Crippen molar-refractivity contribution >= 4 is 22.0 Å². The minimum absolute atomic E-state index is 0.00524. The van der Waals surface area contributed by atoms with Crippen molar-refractivity contribution in [2.24, 2.45) is 0 Å². The molecule has 1 aliphatic heterocycles. The van der Waals surface area contributed by atoms with Crippen LogP contribution in [0.5, 0.6) is 17.5 Å². The molecule has 0 aromatic carbocycles. The average molecular weight is 587 g/mol. The normalized spacial score (nSPS) is 22.9. The van der Waals surface area contributed by atoms with Gasteiger partial charge in [0.2, 0.25) is 11.8 Å². The third kappa shape index (κ3) is 4.97. The number of nitriles is 1. The number of likely N-dealkylation sites (tertiary alicyclic amines) is 1. The second-order valence-corrected chi connectivity index (χ2v) is 12.4. The van der Waals surface area contributed by atoms with Gasteiger partial charge in [-0.05, 0) is 77.4 Å². The summed E-state index contributed by atoms with van der Waals surface area (Å²) >= 11 is 1.43. The number of thiophene rings is 1. The number of nitrogen functional groups attached to an aromatic ring is 1. The number of anilines is 1. The largest absolute Gasteiger partial charge is 0.511 e. The highest BCUT2D eigenvalue weighted by atomic mass is 32.1. The first-order chi connectivity index (χ1) is 20.3. The van der Waals surface area contributed by atoms with E-state index in [-0.39, 0.29) is 41.2 Å². The molecule has 2 aliphatic carbocycles. The highest BCUT2D eigenvalue weighted by Crippen LogP contribution is 2.54. The van der Waals surface area contributed by atoms with Gasteiger partial charge in [0.25, 0.3) is 0 Å². The van der Waals surface area contributed by atoms with Gasteiger partial charge in [-0.15, -0.1) is 11.3 Å². The van der Waals surface area contributed by atoms with E-state index in [1.165, 1.54) is 30.1 Å². The van der Waals surface area contributed by atoms with E-state index in [1.807, 2.05) is 6.92 Å². The SMILES string of the molecule is C[C@H](Oc1cc(Oc2cncnc2)nc(C(=N)C2=C(O)[C@@]3(CCC2)CCCc2sc(N)c(C#N)c23)n1)[C@@H]1CCCN1C. The smallest absolute Gasteiger partial charge is 0.226 e. The van der Waals surface area contributed by atoms with Crippen LogP contribution in [0.2, 0.25) is 0 Å². The number of fused-ring (bicyclic) bond motifs is 2. The van der Waals surface area contributed by atoms with Crippen LogP contribution in [0.15, 0.2) is 36.1 Å². The van der Waals surface area contributed by atoms with Crippen LogP contribution in [0.3, 0.4) is 0 Å². The molecule has 3 aliphatic rings. The van der Waals surface area contributed by atoms with E-state index in [0.717, 1.165) is 49.1 Å². The van der Waals surface area contributed by atoms with Crippen LogP contribution in [-0.4, -0.2) is 61.4 Å². The summed E-state index contributed by atoms with van der Waals surface area (Å²) < 4.78 is 12.3. The van der Waals surface area contributed by atoms with Crippen LogP contribution in [-0.2, 0) is 11.8 Å². The van der Waals surface area contributed by atoms with Gasteiger partial charge in [0.05, 0.1) is 29.4 Å². The summed E-state index contributed by atoms with van der Waals surface area (Å²) in [5.41, 5.74) is 7.25. The maximum atomic E-state index is 11.9. The predicted octanol–water partition coefficient (Wildman–Crippen LogP) is 5.07. The summed E-state index contributed by atoms with van der Waals surface area (Å²) in [6.45, 7) is 3.03. The molecule has 1 saturated heterocycles. The number of hydrogen-bond acceptors (Lipinski definition) is 12. The Kier molecular flexibility index (Phi) is 7.55. The number of ether oxygens (including phenoxy) is 2. The Morgan fingerprint density at radius 2 is 1.95 bits per heavy atom. The van der Waals surface area contributed by atoms with Gasteiger partial charge in [0.15, 0.2) is 11.6 Å². The molecule has 0 amide bonds. The summed E-state index contributed by atoms with van der Waals surface area (Å²) in [6, 6.07) is 4.13. The maximum absolute atomic E-state index is 11.9. The van der Waals surface area contributed by atoms with E-state index < -0.39 is 5.41 Å². The number of aliphatic hydroxyl groups excluding tert-OH is 1. The molecule has 218 valence electrons. The lowest BCUT2D eigenvalue weighted by molar-refractivity contribution is 0.116. The van der Waals surface area contributed by atoms with Crippen molar-refractivity contribution in [1.82, 2.24) is 24.8 Å². The molecule has 4 N–H and O–H groups in total. The molecular weight excluding hydrogens is 552 g/mol. The van der Waals surface area contributed by atoms with E-state index in [9.17, 15) is 15.8 Å². The van der Waals surface area contributed by atoms with E-state index in [0.29, 0.717) is 41.1 Å². The highest BCUT2D eigenvalue weighted by molar-refractivity contribution is 7.16. The number of likely N-dealkylation sites (N-methyl/N-ethyl adjacent to an activating group) is 1. The molecule has 0 radical (unpaired) electrons. The Labute approximate surface area is 248 Å². The van der Waals surface area contributed by atoms with Gasteiger partial charge < -0.3 is 20.3 Å². The summed E-state index contributed by atoms with van der Waals surface area (Å²) in [6.07, 6.45) is 10.7. The first-order valence-corrected chi connectivity index (χ1v) is 15.1. The number of rotatable bonds is 7. The first-order valence-electron chi connectivity index (χ1n) is 14.3. The number of aryl methyl sites for hydroxylation is 1. The second kappa shape index (κ2) is 11.3. The van der Waals surface area contributed by atoms with Gasteiger partial charge in [0.1, 0.15) is 35.0 Å². The number of aromatic nitrogens is 4. The Bertz CT molecular complexity index is 1580. The zero-order valence-corrected chi connectivity index (χ0v) is 24.6. The molecule has 12 heteroatoms. The monoisotopic (exact) mass is 586 g/mol. The van der Waals surface area contributed by atoms with Crippen molar-refractivity contribution in [2.45, 2.75) is 75.9 Å². The van der Waals surface area contributed by atoms with Crippen molar-refractivity contribution in [2.75, 3.05) is 19.3 Å². The Morgan fingerprint density at radius 3 is 2.67 bits per heavy atom. The predicted molar refractivity (Wildman–Crippen MR) is 158 cm³/mol. The lowest BCUT2D eigenvalue weighted by atomic mass is 9.63. The van der Waals surface area contributed by atoms with Gasteiger partial charge in [-0.1, -0.05) is 0 Å². The summed E-state index contributed by atoms with van der Waals surface area (Å²) in [4.78, 5) is 20.5. The number of aliphatic hydroxyl groups is 1. The molecule has 3 aromatic heterocycles. The average Bonchev–Trinajstić information content (AvgIpc) is 3.57. The molecule has 6 rings (SSSR count). The topological polar surface area (TPSA) is 167 Å². The summed E-state index contributed by atoms with van der Waals surface area (Å²) in [5, 5.41) is 31.6. The number of nitrogens with two attached hydrogens (primary N) is 1. The molecule has 42 heavy (non-hydrogen) atoms. The standard InChI is InChI=1S/C30H34N8O3S/c1-17(21-7-5-11-38(21)2)40-23-12-24(41-18-14-34-16-35-15-18)37-29(36-23)26(32)19-6-3-9-30(27(19)39)10-4-8-22-25(30)20(13-31)28(33)42-22/h12,14-17,21,32,39H,3-11,33H2,1-2H3/t17-,21-,30-/m0/s1. The lowest BCUT2D eigenvalue weighted by Crippen LogP contribution is -2.38. The third-order valence-electron chi connectivity index (χ3n) is 8.76. The molecule has 0 unspecified atom stereocenters. The van der Waals surface area contributed by atoms with Crippen molar-refractivity contribution in [3.8, 4) is 23.6 Å². The quantitative estimate of drug-likeness (QED) is 0.318. The van der Waals surface area contributed by atoms with Crippen LogP contribution in [0.1, 0.15) is 73.7 Å². The Morgan fingerprint density at radius 1 is 1.21 bits per heavy atom. The molecule has 0 saturated carbocycles. The summed E-state index contributed by atoms with van der Waals surface area (Å²) in [7, 11) is 2.09. The van der Waals surface area contributed by atoms with Gasteiger partial charge in [0, 0.05) is 16.5 Å². The number of nitrogens with one attached hydrogen (secondary N) is 1. The second-order valence-electron chi connectivity index (χ2n) is 11.3. The van der Waals surface area contributed by atoms with E-state index >= 15 is 0 Å². The Hall–Kier alpha value is -4.08. The molecule has 3 atom stereocenters. The fraction of sp³-hybridized carbons (Fsp3) is 0.467. The van der Waals surface area contributed by atoms with E-state index in [1.54, 1.807) is 6.07 Å².